The summed E-state index contributed by atoms with van der Waals surface area (Å²) in [6, 6.07) is 5.62. The fraction of sp³-hybridized carbons (Fsp3) is 0.364. The van der Waals surface area contributed by atoms with Gasteiger partial charge in [-0.2, -0.15) is 0 Å². The van der Waals surface area contributed by atoms with Crippen LogP contribution in [0.25, 0.3) is 0 Å². The molecular formula is C11H14ClN3OS. The lowest BCUT2D eigenvalue weighted by Gasteiger charge is -2.13. The van der Waals surface area contributed by atoms with Crippen LogP contribution < -0.4 is 11.1 Å². The normalized spacial score (nSPS) is 15.1. The highest BCUT2D eigenvalue weighted by molar-refractivity contribution is 7.99. The highest BCUT2D eigenvalue weighted by atomic mass is 35.5. The van der Waals surface area contributed by atoms with Gasteiger partial charge in [0.1, 0.15) is 0 Å². The number of nitrogen functional groups attached to an aromatic ring is 1. The van der Waals surface area contributed by atoms with Crippen molar-refractivity contribution in [2.24, 2.45) is 0 Å². The van der Waals surface area contributed by atoms with E-state index in [-0.39, 0.29) is 6.03 Å². The number of nitrogens with two attached hydrogens (primary N) is 1. The number of carbonyl (C=O) groups excluding carboxylic acids is 1. The highest BCUT2D eigenvalue weighted by Gasteiger charge is 2.18. The molecule has 0 saturated carbocycles. The van der Waals surface area contributed by atoms with Gasteiger partial charge in [-0.1, -0.05) is 11.6 Å². The Bertz CT molecular complexity index is 427. The van der Waals surface area contributed by atoms with Gasteiger partial charge in [-0.25, -0.2) is 4.79 Å². The monoisotopic (exact) mass is 271 g/mol. The lowest BCUT2D eigenvalue weighted by atomic mass is 10.3. The molecule has 0 spiro atoms. The lowest BCUT2D eigenvalue weighted by Crippen LogP contribution is -2.30. The van der Waals surface area contributed by atoms with Crippen LogP contribution in [0.2, 0.25) is 5.02 Å². The van der Waals surface area contributed by atoms with E-state index < -0.39 is 0 Å². The summed E-state index contributed by atoms with van der Waals surface area (Å²) in [4.78, 5) is 14.2. The molecule has 2 rings (SSSR count). The minimum atomic E-state index is 0.0286. The predicted molar refractivity (Wildman–Crippen MR) is 71.6 cm³/mol. The van der Waals surface area contributed by atoms with Crippen molar-refractivity contribution in [3.05, 3.63) is 23.2 Å². The maximum Gasteiger partial charge on any atom is 0.317 e. The summed E-state index contributed by atoms with van der Waals surface area (Å²) >= 11 is 7.60. The Kier molecular flexibility index (Phi) is 4.02. The van der Waals surface area contributed by atoms with Crippen molar-refractivity contribution in [3.63, 3.8) is 0 Å². The van der Waals surface area contributed by atoms with Gasteiger partial charge in [0.25, 0.3) is 0 Å². The average molecular weight is 272 g/mol. The van der Waals surface area contributed by atoms with E-state index in [9.17, 15) is 4.79 Å². The Labute approximate surface area is 109 Å². The molecule has 0 radical (unpaired) electrons. The molecule has 92 valence electrons. The van der Waals surface area contributed by atoms with Gasteiger partial charge in [0.15, 0.2) is 0 Å². The number of carbonyl (C=O) groups is 1. The first kappa shape index (κ1) is 12.4. The second-order valence-electron chi connectivity index (χ2n) is 3.75. The van der Waals surface area contributed by atoms with E-state index in [2.05, 4.69) is 5.32 Å². The zero-order valence-electron chi connectivity index (χ0n) is 9.28. The van der Waals surface area contributed by atoms with Crippen molar-refractivity contribution >= 4 is 35.1 Å². The second-order valence-corrected chi connectivity index (χ2v) is 5.33. The van der Waals surface area contributed by atoms with Crippen LogP contribution in [0.3, 0.4) is 0 Å². The topological polar surface area (TPSA) is 58.4 Å². The van der Waals surface area contributed by atoms with E-state index in [0.29, 0.717) is 10.7 Å². The molecular weight excluding hydrogens is 258 g/mol. The minimum absolute atomic E-state index is 0.0286. The molecule has 4 nitrogen and oxygen atoms in total. The molecule has 1 aromatic carbocycles. The van der Waals surface area contributed by atoms with E-state index in [1.807, 2.05) is 17.0 Å². The van der Waals surface area contributed by atoms with Crippen LogP contribution in [0.5, 0.6) is 0 Å². The summed E-state index contributed by atoms with van der Waals surface area (Å²) in [7, 11) is 0. The first-order valence-corrected chi connectivity index (χ1v) is 6.74. The van der Waals surface area contributed by atoms with Gasteiger partial charge in [0, 0.05) is 30.3 Å². The van der Waals surface area contributed by atoms with Gasteiger partial charge in [-0.05, 0) is 18.2 Å². The molecule has 1 fully saturated rings. The number of nitrogens with zero attached hydrogens (tertiary/aromatic N) is 1. The number of hydrogen-bond donors (Lipinski definition) is 2. The molecule has 2 amide bonds. The van der Waals surface area contributed by atoms with Crippen molar-refractivity contribution in [3.8, 4) is 0 Å². The van der Waals surface area contributed by atoms with Crippen molar-refractivity contribution < 1.29 is 4.79 Å². The van der Waals surface area contributed by atoms with Gasteiger partial charge in [0.2, 0.25) is 0 Å². The third-order valence-corrected chi connectivity index (χ3v) is 3.85. The number of thioether (sulfide) groups is 1. The Hall–Kier alpha value is -1.07. The van der Waals surface area contributed by atoms with E-state index in [1.165, 1.54) is 0 Å². The number of nitrogens with one attached hydrogen (secondary N) is 1. The predicted octanol–water partition coefficient (Wildman–Crippen LogP) is 2.04. The molecule has 1 saturated heterocycles. The summed E-state index contributed by atoms with van der Waals surface area (Å²) in [5.74, 6) is 0.855. The van der Waals surface area contributed by atoms with E-state index in [0.717, 1.165) is 30.3 Å². The molecule has 6 heteroatoms. The Morgan fingerprint density at radius 1 is 1.53 bits per heavy atom. The summed E-state index contributed by atoms with van der Waals surface area (Å²) < 4.78 is 0. The van der Waals surface area contributed by atoms with E-state index in [1.54, 1.807) is 17.8 Å². The quantitative estimate of drug-likeness (QED) is 0.651. The number of rotatable bonds is 4. The van der Waals surface area contributed by atoms with Gasteiger partial charge in [-0.15, -0.1) is 11.8 Å². The number of amides is 2. The van der Waals surface area contributed by atoms with Crippen LogP contribution >= 0.6 is 23.4 Å². The van der Waals surface area contributed by atoms with Crippen LogP contribution in [-0.2, 0) is 0 Å². The third-order valence-electron chi connectivity index (χ3n) is 2.55. The first-order chi connectivity index (χ1) is 8.16. The summed E-state index contributed by atoms with van der Waals surface area (Å²) in [6.45, 7) is 2.29. The van der Waals surface area contributed by atoms with Crippen molar-refractivity contribution in [2.75, 3.05) is 31.1 Å². The van der Waals surface area contributed by atoms with Crippen molar-refractivity contribution in [1.82, 2.24) is 10.2 Å². The zero-order valence-corrected chi connectivity index (χ0v) is 10.9. The number of benzene rings is 1. The molecule has 1 aliphatic heterocycles. The molecule has 1 aromatic rings. The van der Waals surface area contributed by atoms with Crippen LogP contribution in [0, 0.1) is 0 Å². The van der Waals surface area contributed by atoms with Crippen LogP contribution in [-0.4, -0.2) is 36.3 Å². The average Bonchev–Trinajstić information content (AvgIpc) is 2.70. The zero-order chi connectivity index (χ0) is 12.3. The molecule has 0 aliphatic carbocycles. The fourth-order valence-corrected chi connectivity index (χ4v) is 2.75. The Morgan fingerprint density at radius 3 is 3.00 bits per heavy atom. The number of anilines is 1. The van der Waals surface area contributed by atoms with Crippen LogP contribution in [0.1, 0.15) is 0 Å². The number of halogens is 1. The maximum atomic E-state index is 11.3. The fourth-order valence-electron chi connectivity index (χ4n) is 1.60. The molecule has 3 N–H and O–H groups in total. The highest BCUT2D eigenvalue weighted by Crippen LogP contribution is 2.26. The van der Waals surface area contributed by atoms with Gasteiger partial charge < -0.3 is 16.0 Å². The third kappa shape index (κ3) is 3.20. The largest absolute Gasteiger partial charge is 0.398 e. The van der Waals surface area contributed by atoms with Crippen LogP contribution in [0.4, 0.5) is 10.5 Å². The van der Waals surface area contributed by atoms with Crippen molar-refractivity contribution in [2.45, 2.75) is 4.90 Å². The smallest absolute Gasteiger partial charge is 0.317 e. The summed E-state index contributed by atoms with van der Waals surface area (Å²) in [5.41, 5.74) is 6.23. The van der Waals surface area contributed by atoms with E-state index in [4.69, 9.17) is 17.3 Å². The molecule has 0 bridgehead atoms. The summed E-state index contributed by atoms with van der Waals surface area (Å²) in [6.07, 6.45) is 0. The number of hydrogen-bond acceptors (Lipinski definition) is 3. The number of urea groups is 1. The lowest BCUT2D eigenvalue weighted by molar-refractivity contribution is 0.220. The Balaban J connectivity index is 1.81. The molecule has 0 unspecified atom stereocenters. The van der Waals surface area contributed by atoms with Gasteiger partial charge >= 0.3 is 6.03 Å². The van der Waals surface area contributed by atoms with Gasteiger partial charge in [0.05, 0.1) is 10.7 Å². The molecule has 1 heterocycles. The molecule has 1 aliphatic rings. The minimum Gasteiger partial charge on any atom is -0.398 e. The van der Waals surface area contributed by atoms with Crippen molar-refractivity contribution in [1.29, 1.82) is 0 Å². The van der Waals surface area contributed by atoms with Gasteiger partial charge in [-0.3, -0.25) is 0 Å². The first-order valence-electron chi connectivity index (χ1n) is 5.37. The maximum absolute atomic E-state index is 11.3. The van der Waals surface area contributed by atoms with Crippen LogP contribution in [0.15, 0.2) is 23.1 Å². The molecule has 17 heavy (non-hydrogen) atoms. The standard InChI is InChI=1S/C11H14ClN3OS/c12-9-7-8(1-2-10(9)13)17-6-5-15-4-3-14-11(15)16/h1-2,7H,3-6,13H2,(H,14,16). The van der Waals surface area contributed by atoms with E-state index >= 15 is 0 Å². The SMILES string of the molecule is Nc1ccc(SCCN2CCNC2=O)cc1Cl. The Morgan fingerprint density at radius 2 is 2.35 bits per heavy atom. The second kappa shape index (κ2) is 5.51. The molecule has 0 atom stereocenters. The summed E-state index contributed by atoms with van der Waals surface area (Å²) in [5, 5.41) is 3.35. The molecule has 0 aromatic heterocycles.